The SMILES string of the molecule is Cc1ccc(S(=O)(=O)N2CCN(C(=O)COC(=O)[C@@H]3C[C@@H]3C)CC2)cc1. The second-order valence-corrected chi connectivity index (χ2v) is 8.96. The third-order valence-corrected chi connectivity index (χ3v) is 6.91. The van der Waals surface area contributed by atoms with Gasteiger partial charge in [-0.15, -0.1) is 0 Å². The Morgan fingerprint density at radius 2 is 1.69 bits per heavy atom. The molecule has 1 amide bonds. The number of amides is 1. The monoisotopic (exact) mass is 380 g/mol. The standard InChI is InChI=1S/C18H24N2O5S/c1-13-3-5-15(6-4-13)26(23,24)20-9-7-19(8-10-20)17(21)12-25-18(22)16-11-14(16)2/h3-6,14,16H,7-12H2,1-2H3/t14-,16+/m0/s1. The van der Waals surface area contributed by atoms with Crippen molar-refractivity contribution in [1.29, 1.82) is 0 Å². The van der Waals surface area contributed by atoms with Crippen molar-refractivity contribution in [1.82, 2.24) is 9.21 Å². The van der Waals surface area contributed by atoms with E-state index in [1.54, 1.807) is 29.2 Å². The van der Waals surface area contributed by atoms with Gasteiger partial charge in [0, 0.05) is 26.2 Å². The molecule has 1 aromatic rings. The minimum Gasteiger partial charge on any atom is -0.455 e. The van der Waals surface area contributed by atoms with Crippen LogP contribution in [0.3, 0.4) is 0 Å². The summed E-state index contributed by atoms with van der Waals surface area (Å²) in [7, 11) is -3.55. The molecule has 0 radical (unpaired) electrons. The Morgan fingerprint density at radius 1 is 1.12 bits per heavy atom. The molecule has 0 N–H and O–H groups in total. The first-order valence-corrected chi connectivity index (χ1v) is 10.2. The fourth-order valence-corrected chi connectivity index (χ4v) is 4.44. The average molecular weight is 380 g/mol. The van der Waals surface area contributed by atoms with Gasteiger partial charge in [-0.2, -0.15) is 4.31 Å². The Kier molecular flexibility index (Phi) is 5.34. The molecule has 1 saturated heterocycles. The Bertz CT molecular complexity index is 782. The maximum Gasteiger partial charge on any atom is 0.309 e. The van der Waals surface area contributed by atoms with Crippen LogP contribution in [0.1, 0.15) is 18.9 Å². The number of carbonyl (C=O) groups is 2. The molecule has 2 aliphatic rings. The zero-order valence-corrected chi connectivity index (χ0v) is 15.9. The molecule has 142 valence electrons. The molecule has 2 fully saturated rings. The minimum atomic E-state index is -3.55. The fraction of sp³-hybridized carbons (Fsp3) is 0.556. The first-order valence-electron chi connectivity index (χ1n) is 8.80. The maximum absolute atomic E-state index is 12.7. The third-order valence-electron chi connectivity index (χ3n) is 5.00. The van der Waals surface area contributed by atoms with Gasteiger partial charge >= 0.3 is 5.97 Å². The number of ether oxygens (including phenoxy) is 1. The summed E-state index contributed by atoms with van der Waals surface area (Å²) in [6.45, 7) is 4.65. The van der Waals surface area contributed by atoms with E-state index >= 15 is 0 Å². The molecular formula is C18H24N2O5S. The van der Waals surface area contributed by atoms with E-state index in [9.17, 15) is 18.0 Å². The molecule has 8 heteroatoms. The summed E-state index contributed by atoms with van der Waals surface area (Å²) in [6.07, 6.45) is 0.822. The van der Waals surface area contributed by atoms with Crippen LogP contribution < -0.4 is 0 Å². The molecular weight excluding hydrogens is 356 g/mol. The van der Waals surface area contributed by atoms with E-state index in [1.165, 1.54) is 4.31 Å². The number of piperazine rings is 1. The molecule has 26 heavy (non-hydrogen) atoms. The summed E-state index contributed by atoms with van der Waals surface area (Å²) in [5.41, 5.74) is 0.995. The van der Waals surface area contributed by atoms with Crippen LogP contribution in [0.15, 0.2) is 29.2 Å². The average Bonchev–Trinajstić information content (AvgIpc) is 3.36. The highest BCUT2D eigenvalue weighted by Gasteiger charge is 2.41. The molecule has 1 aliphatic carbocycles. The van der Waals surface area contributed by atoms with E-state index in [1.807, 2.05) is 13.8 Å². The number of hydrogen-bond donors (Lipinski definition) is 0. The van der Waals surface area contributed by atoms with Gasteiger partial charge in [-0.1, -0.05) is 24.6 Å². The van der Waals surface area contributed by atoms with Crippen molar-refractivity contribution >= 4 is 21.9 Å². The number of nitrogens with zero attached hydrogens (tertiary/aromatic N) is 2. The second kappa shape index (κ2) is 7.36. The van der Waals surface area contributed by atoms with E-state index < -0.39 is 10.0 Å². The highest BCUT2D eigenvalue weighted by Crippen LogP contribution is 2.38. The molecule has 3 rings (SSSR count). The van der Waals surface area contributed by atoms with Gasteiger partial charge in [-0.3, -0.25) is 9.59 Å². The molecule has 0 unspecified atom stereocenters. The van der Waals surface area contributed by atoms with Crippen molar-refractivity contribution in [3.63, 3.8) is 0 Å². The van der Waals surface area contributed by atoms with Crippen LogP contribution in [0, 0.1) is 18.8 Å². The lowest BCUT2D eigenvalue weighted by Gasteiger charge is -2.33. The topological polar surface area (TPSA) is 84.0 Å². The quantitative estimate of drug-likeness (QED) is 0.713. The highest BCUT2D eigenvalue weighted by atomic mass is 32.2. The van der Waals surface area contributed by atoms with Crippen LogP contribution in [0.4, 0.5) is 0 Å². The molecule has 0 aromatic heterocycles. The number of benzene rings is 1. The molecule has 1 heterocycles. The zero-order chi connectivity index (χ0) is 18.9. The zero-order valence-electron chi connectivity index (χ0n) is 15.1. The van der Waals surface area contributed by atoms with Crippen molar-refractivity contribution in [3.05, 3.63) is 29.8 Å². The van der Waals surface area contributed by atoms with Crippen LogP contribution in [-0.2, 0) is 24.3 Å². The Balaban J connectivity index is 1.51. The van der Waals surface area contributed by atoms with Gasteiger partial charge in [0.15, 0.2) is 6.61 Å². The Hall–Kier alpha value is -1.93. The number of carbonyl (C=O) groups excluding carboxylic acids is 2. The van der Waals surface area contributed by atoms with E-state index in [-0.39, 0.29) is 42.4 Å². The van der Waals surface area contributed by atoms with Crippen LogP contribution in [-0.4, -0.2) is 62.3 Å². The van der Waals surface area contributed by atoms with E-state index in [2.05, 4.69) is 0 Å². The van der Waals surface area contributed by atoms with Crippen molar-refractivity contribution in [2.75, 3.05) is 32.8 Å². The van der Waals surface area contributed by atoms with Crippen LogP contribution in [0.25, 0.3) is 0 Å². The van der Waals surface area contributed by atoms with E-state index in [0.29, 0.717) is 19.0 Å². The normalized spacial score (nSPS) is 23.5. The Morgan fingerprint density at radius 3 is 2.23 bits per heavy atom. The number of aryl methyl sites for hydroxylation is 1. The van der Waals surface area contributed by atoms with Gasteiger partial charge in [0.25, 0.3) is 5.91 Å². The molecule has 2 atom stereocenters. The third kappa shape index (κ3) is 4.07. The van der Waals surface area contributed by atoms with Crippen molar-refractivity contribution in [2.24, 2.45) is 11.8 Å². The molecule has 1 aliphatic heterocycles. The van der Waals surface area contributed by atoms with Gasteiger partial charge in [-0.05, 0) is 31.4 Å². The predicted molar refractivity (Wildman–Crippen MR) is 94.7 cm³/mol. The lowest BCUT2D eigenvalue weighted by atomic mass is 10.2. The summed E-state index contributed by atoms with van der Waals surface area (Å²) < 4.78 is 31.8. The number of rotatable bonds is 5. The number of sulfonamides is 1. The van der Waals surface area contributed by atoms with Crippen LogP contribution >= 0.6 is 0 Å². The van der Waals surface area contributed by atoms with Crippen molar-refractivity contribution in [2.45, 2.75) is 25.2 Å². The lowest BCUT2D eigenvalue weighted by molar-refractivity contribution is -0.153. The number of hydrogen-bond acceptors (Lipinski definition) is 5. The summed E-state index contributed by atoms with van der Waals surface area (Å²) >= 11 is 0. The van der Waals surface area contributed by atoms with Gasteiger partial charge in [0.2, 0.25) is 10.0 Å². The molecule has 1 saturated carbocycles. The van der Waals surface area contributed by atoms with Gasteiger partial charge in [-0.25, -0.2) is 8.42 Å². The second-order valence-electron chi connectivity index (χ2n) is 7.03. The number of esters is 1. The van der Waals surface area contributed by atoms with Crippen LogP contribution in [0.5, 0.6) is 0 Å². The fourth-order valence-electron chi connectivity index (χ4n) is 3.02. The van der Waals surface area contributed by atoms with Crippen LogP contribution in [0.2, 0.25) is 0 Å². The van der Waals surface area contributed by atoms with E-state index in [0.717, 1.165) is 12.0 Å². The van der Waals surface area contributed by atoms with Gasteiger partial charge in [0.1, 0.15) is 0 Å². The molecule has 1 aromatic carbocycles. The summed E-state index contributed by atoms with van der Waals surface area (Å²) in [6, 6.07) is 6.73. The van der Waals surface area contributed by atoms with Crippen molar-refractivity contribution < 1.29 is 22.7 Å². The first-order chi connectivity index (χ1) is 12.3. The van der Waals surface area contributed by atoms with Gasteiger partial charge < -0.3 is 9.64 Å². The van der Waals surface area contributed by atoms with Crippen molar-refractivity contribution in [3.8, 4) is 0 Å². The lowest BCUT2D eigenvalue weighted by Crippen LogP contribution is -2.51. The summed E-state index contributed by atoms with van der Waals surface area (Å²) in [4.78, 5) is 25.7. The molecule has 0 spiro atoms. The first kappa shape index (κ1) is 18.8. The summed E-state index contributed by atoms with van der Waals surface area (Å²) in [5, 5.41) is 0. The largest absolute Gasteiger partial charge is 0.455 e. The highest BCUT2D eigenvalue weighted by molar-refractivity contribution is 7.89. The molecule has 0 bridgehead atoms. The summed E-state index contributed by atoms with van der Waals surface area (Å²) in [5.74, 6) is -0.321. The van der Waals surface area contributed by atoms with E-state index in [4.69, 9.17) is 4.74 Å². The molecule has 7 nitrogen and oxygen atoms in total. The Labute approximate surface area is 154 Å². The smallest absolute Gasteiger partial charge is 0.309 e. The minimum absolute atomic E-state index is 0.0701. The van der Waals surface area contributed by atoms with Gasteiger partial charge in [0.05, 0.1) is 10.8 Å². The maximum atomic E-state index is 12.7. The predicted octanol–water partition coefficient (Wildman–Crippen LogP) is 1.03.